The second-order valence-corrected chi connectivity index (χ2v) is 13.1. The third-order valence-electron chi connectivity index (χ3n) is 10.1. The number of aliphatic hydroxyl groups is 1. The van der Waals surface area contributed by atoms with Crippen molar-refractivity contribution in [2.75, 3.05) is 45.3 Å². The largest absolute Gasteiger partial charge is 0.490 e. The Hall–Kier alpha value is -3.03. The molecule has 42 heavy (non-hydrogen) atoms. The molecule has 2 aromatic rings. The average molecular weight is 593 g/mol. The third kappa shape index (κ3) is 5.53. The molecular formula is C34H41ClN2O5. The van der Waals surface area contributed by atoms with Crippen molar-refractivity contribution in [1.82, 2.24) is 4.90 Å². The minimum absolute atomic E-state index is 0.0257. The van der Waals surface area contributed by atoms with E-state index in [0.717, 1.165) is 67.2 Å². The van der Waals surface area contributed by atoms with Crippen molar-refractivity contribution in [2.45, 2.75) is 62.4 Å². The highest BCUT2D eigenvalue weighted by Gasteiger charge is 2.44. The molecule has 1 amide bonds. The van der Waals surface area contributed by atoms with Gasteiger partial charge in [0, 0.05) is 43.5 Å². The highest BCUT2D eigenvalue weighted by molar-refractivity contribution is 6.30. The summed E-state index contributed by atoms with van der Waals surface area (Å²) >= 11 is 6.41. The summed E-state index contributed by atoms with van der Waals surface area (Å²) in [5.41, 5.74) is 4.06. The van der Waals surface area contributed by atoms with Crippen LogP contribution in [0.5, 0.6) is 5.75 Å². The fraction of sp³-hybridized carbons (Fsp3) is 0.529. The maximum atomic E-state index is 13.2. The van der Waals surface area contributed by atoms with Crippen LogP contribution >= 0.6 is 11.6 Å². The van der Waals surface area contributed by atoms with Gasteiger partial charge in [0.05, 0.1) is 31.4 Å². The average Bonchev–Trinajstić information content (AvgIpc) is 3.12. The number of ether oxygens (including phenoxy) is 2. The molecule has 0 radical (unpaired) electrons. The zero-order valence-corrected chi connectivity index (χ0v) is 25.3. The standard InChI is InChI=1S/C34H41ClN2O5/c1-36-15-4-3-7-30(38)26-11-8-24(26)19-37-20-34(14-5-6-23-16-25(35)10-12-28(23)34)21-42-31-13-9-22(17-29(31)37)27(18-32(36)39)33(40)41-2/h3,7,9-10,12-13,16-17,24,26-27,30,38H,4-6,8,11,14-15,18-21H2,1-2H3/b7-3-/t24-,26+,27-,30-,34-/m0/s1. The summed E-state index contributed by atoms with van der Waals surface area (Å²) in [5, 5.41) is 11.9. The molecule has 1 fully saturated rings. The number of aliphatic hydroxyl groups excluding tert-OH is 1. The van der Waals surface area contributed by atoms with Crippen molar-refractivity contribution in [3.8, 4) is 5.75 Å². The monoisotopic (exact) mass is 592 g/mol. The van der Waals surface area contributed by atoms with Gasteiger partial charge in [0.2, 0.25) is 5.91 Å². The lowest BCUT2D eigenvalue weighted by Crippen LogP contribution is -2.49. The highest BCUT2D eigenvalue weighted by Crippen LogP contribution is 2.47. The fourth-order valence-corrected chi connectivity index (χ4v) is 7.68. The summed E-state index contributed by atoms with van der Waals surface area (Å²) in [5.74, 6) is 0.0361. The summed E-state index contributed by atoms with van der Waals surface area (Å²) < 4.78 is 11.8. The molecular weight excluding hydrogens is 552 g/mol. The van der Waals surface area contributed by atoms with Crippen molar-refractivity contribution >= 4 is 29.2 Å². The number of carbonyl (C=O) groups excluding carboxylic acids is 2. The van der Waals surface area contributed by atoms with Gasteiger partial charge in [-0.05, 0) is 91.3 Å². The van der Waals surface area contributed by atoms with Crippen molar-refractivity contribution in [2.24, 2.45) is 11.8 Å². The summed E-state index contributed by atoms with van der Waals surface area (Å²) in [6, 6.07) is 12.1. The van der Waals surface area contributed by atoms with Gasteiger partial charge in [-0.3, -0.25) is 9.59 Å². The van der Waals surface area contributed by atoms with Crippen molar-refractivity contribution in [3.63, 3.8) is 0 Å². The van der Waals surface area contributed by atoms with Crippen LogP contribution in [0.1, 0.15) is 61.1 Å². The molecule has 7 nitrogen and oxygen atoms in total. The van der Waals surface area contributed by atoms with E-state index >= 15 is 0 Å². The molecule has 224 valence electrons. The lowest BCUT2D eigenvalue weighted by Gasteiger charge is -2.45. The number of rotatable bonds is 1. The zero-order chi connectivity index (χ0) is 29.4. The first-order valence-electron chi connectivity index (χ1n) is 15.2. The minimum Gasteiger partial charge on any atom is -0.490 e. The van der Waals surface area contributed by atoms with Crippen LogP contribution in [-0.4, -0.2) is 68.4 Å². The Bertz CT molecular complexity index is 1380. The number of esters is 1. The van der Waals surface area contributed by atoms with Gasteiger partial charge >= 0.3 is 5.97 Å². The van der Waals surface area contributed by atoms with Gasteiger partial charge < -0.3 is 24.4 Å². The Morgan fingerprint density at radius 1 is 1.19 bits per heavy atom. The molecule has 0 unspecified atom stereocenters. The molecule has 2 aliphatic heterocycles. The third-order valence-corrected chi connectivity index (χ3v) is 10.3. The van der Waals surface area contributed by atoms with E-state index in [1.54, 1.807) is 11.9 Å². The number of carbonyl (C=O) groups is 2. The van der Waals surface area contributed by atoms with E-state index in [0.29, 0.717) is 25.5 Å². The quantitative estimate of drug-likeness (QED) is 0.359. The molecule has 8 heteroatoms. The molecule has 2 aromatic carbocycles. The molecule has 0 aromatic heterocycles. The molecule has 1 saturated carbocycles. The van der Waals surface area contributed by atoms with Crippen LogP contribution in [0.4, 0.5) is 5.69 Å². The number of amides is 1. The Balaban J connectivity index is 1.44. The second kappa shape index (κ2) is 11.9. The van der Waals surface area contributed by atoms with E-state index < -0.39 is 18.0 Å². The Morgan fingerprint density at radius 2 is 2.05 bits per heavy atom. The first-order valence-corrected chi connectivity index (χ1v) is 15.6. The Kier molecular flexibility index (Phi) is 8.25. The summed E-state index contributed by atoms with van der Waals surface area (Å²) in [4.78, 5) is 30.3. The molecule has 4 aliphatic rings. The van der Waals surface area contributed by atoms with Crippen LogP contribution < -0.4 is 9.64 Å². The first-order chi connectivity index (χ1) is 20.3. The molecule has 1 N–H and O–H groups in total. The highest BCUT2D eigenvalue weighted by atomic mass is 35.5. The van der Waals surface area contributed by atoms with Gasteiger partial charge in [-0.1, -0.05) is 35.9 Å². The van der Waals surface area contributed by atoms with Crippen molar-refractivity contribution in [3.05, 3.63) is 70.3 Å². The number of nitrogens with zero attached hydrogens (tertiary/aromatic N) is 2. The lowest BCUT2D eigenvalue weighted by molar-refractivity contribution is -0.145. The topological polar surface area (TPSA) is 79.3 Å². The minimum atomic E-state index is -0.714. The maximum absolute atomic E-state index is 13.2. The van der Waals surface area contributed by atoms with Crippen LogP contribution in [0.15, 0.2) is 48.6 Å². The van der Waals surface area contributed by atoms with Gasteiger partial charge in [0.1, 0.15) is 5.75 Å². The number of aryl methyl sites for hydroxylation is 1. The number of hydrogen-bond acceptors (Lipinski definition) is 6. The van der Waals surface area contributed by atoms with Gasteiger partial charge in [-0.2, -0.15) is 0 Å². The first kappa shape index (κ1) is 29.1. The molecule has 5 atom stereocenters. The van der Waals surface area contributed by atoms with E-state index in [9.17, 15) is 14.7 Å². The van der Waals surface area contributed by atoms with Crippen molar-refractivity contribution < 1.29 is 24.2 Å². The number of hydrogen-bond donors (Lipinski definition) is 1. The smallest absolute Gasteiger partial charge is 0.313 e. The number of methoxy groups -OCH3 is 1. The van der Waals surface area contributed by atoms with E-state index in [2.05, 4.69) is 17.0 Å². The number of halogens is 1. The fourth-order valence-electron chi connectivity index (χ4n) is 7.48. The molecule has 6 rings (SSSR count). The second-order valence-electron chi connectivity index (χ2n) is 12.6. The summed E-state index contributed by atoms with van der Waals surface area (Å²) in [6.07, 6.45) is 9.15. The molecule has 0 saturated heterocycles. The number of anilines is 1. The van der Waals surface area contributed by atoms with E-state index in [1.165, 1.54) is 18.2 Å². The number of fused-ring (bicyclic) bond motifs is 4. The van der Waals surface area contributed by atoms with Gasteiger partial charge in [-0.15, -0.1) is 0 Å². The zero-order valence-electron chi connectivity index (χ0n) is 24.6. The molecule has 1 spiro atoms. The molecule has 2 aliphatic carbocycles. The normalized spacial score (nSPS) is 30.3. The van der Waals surface area contributed by atoms with Crippen LogP contribution in [0, 0.1) is 11.8 Å². The Morgan fingerprint density at radius 3 is 2.83 bits per heavy atom. The van der Waals surface area contributed by atoms with Crippen LogP contribution in [0.2, 0.25) is 5.02 Å². The predicted octanol–water partition coefficient (Wildman–Crippen LogP) is 5.27. The summed E-state index contributed by atoms with van der Waals surface area (Å²) in [6.45, 7) is 2.61. The Labute approximate surface area is 253 Å². The van der Waals surface area contributed by atoms with Crippen LogP contribution in [-0.2, 0) is 26.2 Å². The van der Waals surface area contributed by atoms with Gasteiger partial charge in [-0.25, -0.2) is 0 Å². The van der Waals surface area contributed by atoms with Crippen LogP contribution in [0.25, 0.3) is 0 Å². The van der Waals surface area contributed by atoms with Crippen LogP contribution in [0.3, 0.4) is 0 Å². The lowest BCUT2D eigenvalue weighted by atomic mass is 9.68. The van der Waals surface area contributed by atoms with E-state index in [1.807, 2.05) is 36.4 Å². The van der Waals surface area contributed by atoms with Gasteiger partial charge in [0.15, 0.2) is 0 Å². The predicted molar refractivity (Wildman–Crippen MR) is 163 cm³/mol. The molecule has 2 heterocycles. The van der Waals surface area contributed by atoms with E-state index in [4.69, 9.17) is 21.1 Å². The summed E-state index contributed by atoms with van der Waals surface area (Å²) in [7, 11) is 3.13. The maximum Gasteiger partial charge on any atom is 0.313 e. The van der Waals surface area contributed by atoms with Gasteiger partial charge in [0.25, 0.3) is 0 Å². The van der Waals surface area contributed by atoms with E-state index in [-0.39, 0.29) is 23.7 Å². The SMILES string of the molecule is COC(=O)[C@H]1CC(=O)N(C)CC/C=C\[C@H](O)[C@@H]2CC[C@H]2CN2C[C@@]3(CCCc4cc(Cl)ccc43)COc3ccc1cc32. The molecule has 2 bridgehead atoms. The van der Waals surface area contributed by atoms with Crippen molar-refractivity contribution in [1.29, 1.82) is 0 Å². The number of benzene rings is 2.